The van der Waals surface area contributed by atoms with Crippen molar-refractivity contribution in [2.75, 3.05) is 13.6 Å². The predicted octanol–water partition coefficient (Wildman–Crippen LogP) is 3.93. The van der Waals surface area contributed by atoms with Crippen molar-refractivity contribution in [2.45, 2.75) is 26.3 Å². The molecule has 3 N–H and O–H groups in total. The molecule has 1 heterocycles. The summed E-state index contributed by atoms with van der Waals surface area (Å²) in [4.78, 5) is 12.1. The van der Waals surface area contributed by atoms with Gasteiger partial charge in [-0.2, -0.15) is 0 Å². The molecule has 27 heavy (non-hydrogen) atoms. The summed E-state index contributed by atoms with van der Waals surface area (Å²) in [5.41, 5.74) is 3.61. The van der Waals surface area contributed by atoms with Crippen LogP contribution in [0.2, 0.25) is 0 Å². The first kappa shape index (κ1) is 21.1. The van der Waals surface area contributed by atoms with E-state index in [1.807, 2.05) is 30.3 Å². The van der Waals surface area contributed by atoms with Gasteiger partial charge in [-0.1, -0.05) is 24.3 Å². The Bertz CT molecular complexity index is 873. The molecule has 0 saturated carbocycles. The van der Waals surface area contributed by atoms with E-state index in [0.717, 1.165) is 41.8 Å². The van der Waals surface area contributed by atoms with Gasteiger partial charge in [-0.05, 0) is 42.7 Å². The van der Waals surface area contributed by atoms with Gasteiger partial charge in [0.2, 0.25) is 0 Å². The zero-order valence-corrected chi connectivity index (χ0v) is 17.9. The molecule has 0 aliphatic rings. The van der Waals surface area contributed by atoms with Crippen molar-refractivity contribution in [3.63, 3.8) is 0 Å². The number of aliphatic imine (C=N–C) groups is 1. The number of fused-ring (bicyclic) bond motifs is 1. The van der Waals surface area contributed by atoms with Gasteiger partial charge in [-0.25, -0.2) is 9.37 Å². The number of aromatic amines is 1. The molecule has 2 aromatic carbocycles. The molecule has 0 aliphatic carbocycles. The van der Waals surface area contributed by atoms with Gasteiger partial charge in [0.25, 0.3) is 0 Å². The third-order valence-corrected chi connectivity index (χ3v) is 4.24. The van der Waals surface area contributed by atoms with Crippen LogP contribution in [0.5, 0.6) is 0 Å². The third kappa shape index (κ3) is 5.92. The molecule has 0 unspecified atom stereocenters. The van der Waals surface area contributed by atoms with Crippen LogP contribution < -0.4 is 10.6 Å². The fourth-order valence-corrected chi connectivity index (χ4v) is 2.74. The minimum Gasteiger partial charge on any atom is -0.356 e. The molecule has 0 radical (unpaired) electrons. The minimum atomic E-state index is -0.182. The molecule has 3 rings (SSSR count). The summed E-state index contributed by atoms with van der Waals surface area (Å²) in [7, 11) is 1.73. The van der Waals surface area contributed by atoms with Crippen molar-refractivity contribution in [3.8, 4) is 0 Å². The smallest absolute Gasteiger partial charge is 0.191 e. The fourth-order valence-electron chi connectivity index (χ4n) is 2.74. The van der Waals surface area contributed by atoms with Crippen LogP contribution in [-0.4, -0.2) is 29.5 Å². The second-order valence-corrected chi connectivity index (χ2v) is 6.24. The molecule has 0 aliphatic heterocycles. The number of guanidine groups is 1. The van der Waals surface area contributed by atoms with Gasteiger partial charge in [0.05, 0.1) is 11.0 Å². The van der Waals surface area contributed by atoms with Crippen molar-refractivity contribution >= 4 is 41.0 Å². The molecule has 0 bridgehead atoms. The Morgan fingerprint density at radius 2 is 2.00 bits per heavy atom. The molecule has 0 saturated heterocycles. The molecular formula is C20H25FIN5. The highest BCUT2D eigenvalue weighted by Crippen LogP contribution is 2.11. The maximum atomic E-state index is 13.6. The van der Waals surface area contributed by atoms with Crippen molar-refractivity contribution < 1.29 is 4.39 Å². The molecular weight excluding hydrogens is 456 g/mol. The van der Waals surface area contributed by atoms with Gasteiger partial charge in [-0.15, -0.1) is 24.0 Å². The van der Waals surface area contributed by atoms with Gasteiger partial charge in [0.15, 0.2) is 5.96 Å². The maximum absolute atomic E-state index is 13.6. The number of imidazole rings is 1. The Morgan fingerprint density at radius 1 is 1.19 bits per heavy atom. The average Bonchev–Trinajstić information content (AvgIpc) is 3.06. The molecule has 7 heteroatoms. The van der Waals surface area contributed by atoms with E-state index in [1.54, 1.807) is 26.1 Å². The van der Waals surface area contributed by atoms with Gasteiger partial charge in [-0.3, -0.25) is 4.99 Å². The number of nitrogens with zero attached hydrogens (tertiary/aromatic N) is 2. The van der Waals surface area contributed by atoms with Crippen LogP contribution in [0, 0.1) is 12.7 Å². The lowest BCUT2D eigenvalue weighted by Crippen LogP contribution is -2.37. The number of para-hydroxylation sites is 2. The van der Waals surface area contributed by atoms with E-state index in [0.29, 0.717) is 18.1 Å². The quantitative estimate of drug-likeness (QED) is 0.217. The van der Waals surface area contributed by atoms with E-state index in [1.165, 1.54) is 0 Å². The Kier molecular flexibility index (Phi) is 8.02. The summed E-state index contributed by atoms with van der Waals surface area (Å²) in [5.74, 6) is 1.51. The third-order valence-electron chi connectivity index (χ3n) is 4.24. The monoisotopic (exact) mass is 481 g/mol. The maximum Gasteiger partial charge on any atom is 0.191 e. The summed E-state index contributed by atoms with van der Waals surface area (Å²) in [6, 6.07) is 13.3. The summed E-state index contributed by atoms with van der Waals surface area (Å²) >= 11 is 0. The Morgan fingerprint density at radius 3 is 2.74 bits per heavy atom. The highest BCUT2D eigenvalue weighted by molar-refractivity contribution is 14.0. The Hall–Kier alpha value is -2.16. The number of aromatic nitrogens is 2. The second-order valence-electron chi connectivity index (χ2n) is 6.24. The average molecular weight is 481 g/mol. The van der Waals surface area contributed by atoms with E-state index in [-0.39, 0.29) is 29.8 Å². The van der Waals surface area contributed by atoms with Crippen molar-refractivity contribution in [1.29, 1.82) is 0 Å². The number of hydrogen-bond donors (Lipinski definition) is 3. The van der Waals surface area contributed by atoms with E-state index in [2.05, 4.69) is 25.6 Å². The lowest BCUT2D eigenvalue weighted by Gasteiger charge is -2.12. The van der Waals surface area contributed by atoms with Crippen LogP contribution in [0.25, 0.3) is 11.0 Å². The first-order valence-electron chi connectivity index (χ1n) is 8.79. The molecule has 0 spiro atoms. The Balaban J connectivity index is 0.00000261. The number of halogens is 2. The highest BCUT2D eigenvalue weighted by atomic mass is 127. The minimum absolute atomic E-state index is 0. The summed E-state index contributed by atoms with van der Waals surface area (Å²) in [6.07, 6.45) is 1.79. The number of hydrogen-bond acceptors (Lipinski definition) is 2. The molecule has 5 nitrogen and oxygen atoms in total. The van der Waals surface area contributed by atoms with E-state index >= 15 is 0 Å². The van der Waals surface area contributed by atoms with Crippen molar-refractivity contribution in [1.82, 2.24) is 20.6 Å². The standard InChI is InChI=1S/C20H24FN5.HI/c1-14-9-10-15(12-16(14)21)13-24-20(22-2)23-11-5-8-19-25-17-6-3-4-7-18(17)26-19;/h3-4,6-7,9-10,12H,5,8,11,13H2,1-2H3,(H,25,26)(H2,22,23,24);1H. The number of benzene rings is 2. The zero-order valence-electron chi connectivity index (χ0n) is 15.6. The zero-order chi connectivity index (χ0) is 18.4. The van der Waals surface area contributed by atoms with Crippen LogP contribution in [0.4, 0.5) is 4.39 Å². The molecule has 144 valence electrons. The first-order chi connectivity index (χ1) is 12.7. The van der Waals surface area contributed by atoms with Crippen LogP contribution in [0.15, 0.2) is 47.5 Å². The van der Waals surface area contributed by atoms with E-state index < -0.39 is 0 Å². The van der Waals surface area contributed by atoms with Gasteiger partial charge < -0.3 is 15.6 Å². The first-order valence-corrected chi connectivity index (χ1v) is 8.79. The fraction of sp³-hybridized carbons (Fsp3) is 0.300. The van der Waals surface area contributed by atoms with Crippen molar-refractivity contribution in [2.24, 2.45) is 4.99 Å². The largest absolute Gasteiger partial charge is 0.356 e. The van der Waals surface area contributed by atoms with Crippen LogP contribution >= 0.6 is 24.0 Å². The highest BCUT2D eigenvalue weighted by Gasteiger charge is 2.03. The van der Waals surface area contributed by atoms with Crippen LogP contribution in [-0.2, 0) is 13.0 Å². The lowest BCUT2D eigenvalue weighted by molar-refractivity contribution is 0.615. The molecule has 0 atom stereocenters. The van der Waals surface area contributed by atoms with Gasteiger partial charge in [0.1, 0.15) is 11.6 Å². The number of aryl methyl sites for hydroxylation is 2. The molecule has 3 aromatic rings. The topological polar surface area (TPSA) is 65.1 Å². The molecule has 0 fully saturated rings. The Labute approximate surface area is 175 Å². The number of H-pyrrole nitrogens is 1. The van der Waals surface area contributed by atoms with E-state index in [4.69, 9.17) is 0 Å². The number of rotatable bonds is 6. The lowest BCUT2D eigenvalue weighted by atomic mass is 10.1. The van der Waals surface area contributed by atoms with E-state index in [9.17, 15) is 4.39 Å². The van der Waals surface area contributed by atoms with Gasteiger partial charge >= 0.3 is 0 Å². The number of nitrogens with one attached hydrogen (secondary N) is 3. The van der Waals surface area contributed by atoms with Crippen LogP contribution in [0.3, 0.4) is 0 Å². The summed E-state index contributed by atoms with van der Waals surface area (Å²) < 4.78 is 13.6. The second kappa shape index (κ2) is 10.2. The molecule has 0 amide bonds. The van der Waals surface area contributed by atoms with Crippen molar-refractivity contribution in [3.05, 3.63) is 65.2 Å². The SMILES string of the molecule is CN=C(NCCCc1nc2ccccc2[nH]1)NCc1ccc(C)c(F)c1.I. The van der Waals surface area contributed by atoms with Gasteiger partial charge in [0, 0.05) is 26.6 Å². The summed E-state index contributed by atoms with van der Waals surface area (Å²) in [6.45, 7) is 3.06. The summed E-state index contributed by atoms with van der Waals surface area (Å²) in [5, 5.41) is 6.47. The van der Waals surface area contributed by atoms with Crippen LogP contribution in [0.1, 0.15) is 23.4 Å². The predicted molar refractivity (Wildman–Crippen MR) is 119 cm³/mol. The molecule has 1 aromatic heterocycles. The normalized spacial score (nSPS) is 11.3.